The Kier molecular flexibility index (Phi) is 5.46. The Bertz CT molecular complexity index is 381. The normalized spacial score (nSPS) is 20.1. The molecule has 0 spiro atoms. The van der Waals surface area contributed by atoms with Gasteiger partial charge in [0.05, 0.1) is 0 Å². The number of rotatable bonds is 6. The average Bonchev–Trinajstić information content (AvgIpc) is 2.79. The molecule has 1 aromatic rings. The Hall–Kier alpha value is -0.120. The smallest absolute Gasteiger partial charge is 0.0180 e. The summed E-state index contributed by atoms with van der Waals surface area (Å²) < 4.78 is 0. The zero-order chi connectivity index (χ0) is 13.0. The minimum Gasteiger partial charge on any atom is -0.302 e. The second-order valence-electron chi connectivity index (χ2n) is 5.00. The molecule has 2 atom stereocenters. The molecule has 0 aliphatic carbocycles. The number of hydrogen-bond acceptors (Lipinski definition) is 3. The molecule has 0 aromatic heterocycles. The van der Waals surface area contributed by atoms with Gasteiger partial charge in [0.25, 0.3) is 0 Å². The van der Waals surface area contributed by atoms with Crippen molar-refractivity contribution in [3.8, 4) is 0 Å². The lowest BCUT2D eigenvalue weighted by molar-refractivity contribution is 0.245. The molecule has 1 heterocycles. The summed E-state index contributed by atoms with van der Waals surface area (Å²) in [6.45, 7) is 3.50. The van der Waals surface area contributed by atoms with Gasteiger partial charge in [0.15, 0.2) is 0 Å². The molecule has 1 aliphatic heterocycles. The minimum atomic E-state index is 0.715. The van der Waals surface area contributed by atoms with Gasteiger partial charge in [0, 0.05) is 34.9 Å². The molecular formula is C15H23NS2. The van der Waals surface area contributed by atoms with Crippen LogP contribution in [0.3, 0.4) is 0 Å². The van der Waals surface area contributed by atoms with E-state index in [-0.39, 0.29) is 0 Å². The lowest BCUT2D eigenvalue weighted by Gasteiger charge is -2.29. The maximum atomic E-state index is 2.56. The second kappa shape index (κ2) is 6.88. The highest BCUT2D eigenvalue weighted by molar-refractivity contribution is 7.99. The molecule has 1 aliphatic rings. The van der Waals surface area contributed by atoms with E-state index in [0.717, 1.165) is 6.04 Å². The number of hydrogen-bond donors (Lipinski definition) is 0. The van der Waals surface area contributed by atoms with Gasteiger partial charge in [-0.2, -0.15) is 11.8 Å². The highest BCUT2D eigenvalue weighted by atomic mass is 32.2. The van der Waals surface area contributed by atoms with Gasteiger partial charge in [0.2, 0.25) is 0 Å². The molecule has 0 amide bonds. The number of thioether (sulfide) groups is 2. The molecule has 18 heavy (non-hydrogen) atoms. The van der Waals surface area contributed by atoms with Crippen LogP contribution in [0.25, 0.3) is 0 Å². The van der Waals surface area contributed by atoms with Gasteiger partial charge in [-0.1, -0.05) is 25.1 Å². The molecule has 1 nitrogen and oxygen atoms in total. The first-order valence-corrected chi connectivity index (χ1v) is 9.05. The van der Waals surface area contributed by atoms with E-state index < -0.39 is 0 Å². The average molecular weight is 281 g/mol. The van der Waals surface area contributed by atoms with Gasteiger partial charge in [-0.05, 0) is 31.4 Å². The second-order valence-corrected chi connectivity index (χ2v) is 6.98. The third-order valence-electron chi connectivity index (χ3n) is 3.76. The Balaban J connectivity index is 1.98. The van der Waals surface area contributed by atoms with Crippen LogP contribution >= 0.6 is 23.5 Å². The molecule has 3 heteroatoms. The summed E-state index contributed by atoms with van der Waals surface area (Å²) in [6.07, 6.45) is 3.45. The summed E-state index contributed by atoms with van der Waals surface area (Å²) in [4.78, 5) is 4.05. The molecule has 0 bridgehead atoms. The van der Waals surface area contributed by atoms with Crippen molar-refractivity contribution >= 4 is 23.5 Å². The fourth-order valence-electron chi connectivity index (χ4n) is 2.63. The van der Waals surface area contributed by atoms with Crippen LogP contribution < -0.4 is 0 Å². The Labute approximate surface area is 120 Å². The quantitative estimate of drug-likeness (QED) is 0.777. The Morgan fingerprint density at radius 2 is 2.22 bits per heavy atom. The van der Waals surface area contributed by atoms with Gasteiger partial charge in [-0.3, -0.25) is 0 Å². The van der Waals surface area contributed by atoms with Gasteiger partial charge in [-0.15, -0.1) is 11.8 Å². The highest BCUT2D eigenvalue weighted by Gasteiger charge is 2.25. The van der Waals surface area contributed by atoms with E-state index in [9.17, 15) is 0 Å². The molecule has 0 N–H and O–H groups in total. The van der Waals surface area contributed by atoms with Crippen LogP contribution in [0.4, 0.5) is 0 Å². The van der Waals surface area contributed by atoms with Crippen LogP contribution in [0, 0.1) is 0 Å². The fourth-order valence-corrected chi connectivity index (χ4v) is 4.74. The molecule has 0 saturated carbocycles. The van der Waals surface area contributed by atoms with Gasteiger partial charge < -0.3 is 4.90 Å². The van der Waals surface area contributed by atoms with E-state index >= 15 is 0 Å². The summed E-state index contributed by atoms with van der Waals surface area (Å²) in [5.74, 6) is 3.21. The Morgan fingerprint density at radius 1 is 1.44 bits per heavy atom. The van der Waals surface area contributed by atoms with E-state index in [1.165, 1.54) is 29.4 Å². The van der Waals surface area contributed by atoms with Crippen LogP contribution in [0.5, 0.6) is 0 Å². The van der Waals surface area contributed by atoms with Crippen molar-refractivity contribution in [3.63, 3.8) is 0 Å². The topological polar surface area (TPSA) is 3.24 Å². The van der Waals surface area contributed by atoms with E-state index in [4.69, 9.17) is 0 Å². The number of nitrogens with zero attached hydrogens (tertiary/aromatic N) is 1. The highest BCUT2D eigenvalue weighted by Crippen LogP contribution is 2.39. The zero-order valence-electron chi connectivity index (χ0n) is 11.6. The molecule has 0 radical (unpaired) electrons. The maximum Gasteiger partial charge on any atom is 0.0180 e. The minimum absolute atomic E-state index is 0.715. The third-order valence-corrected chi connectivity index (χ3v) is 5.73. The van der Waals surface area contributed by atoms with E-state index in [2.05, 4.69) is 49.4 Å². The fraction of sp³-hybridized carbons (Fsp3) is 0.600. The van der Waals surface area contributed by atoms with Crippen LogP contribution in [-0.4, -0.2) is 42.3 Å². The van der Waals surface area contributed by atoms with Crippen molar-refractivity contribution in [1.29, 1.82) is 0 Å². The molecular weight excluding hydrogens is 258 g/mol. The predicted octanol–water partition coefficient (Wildman–Crippen LogP) is 3.95. The van der Waals surface area contributed by atoms with Gasteiger partial charge in [0.1, 0.15) is 0 Å². The predicted molar refractivity (Wildman–Crippen MR) is 85.0 cm³/mol. The lowest BCUT2D eigenvalue weighted by Crippen LogP contribution is -2.36. The monoisotopic (exact) mass is 281 g/mol. The van der Waals surface area contributed by atoms with Crippen molar-refractivity contribution in [2.45, 2.75) is 30.2 Å². The summed E-state index contributed by atoms with van der Waals surface area (Å²) in [6, 6.07) is 9.62. The van der Waals surface area contributed by atoms with E-state index in [1.54, 1.807) is 5.56 Å². The van der Waals surface area contributed by atoms with Crippen molar-refractivity contribution < 1.29 is 0 Å². The van der Waals surface area contributed by atoms with Crippen molar-refractivity contribution in [1.82, 2.24) is 4.90 Å². The SMILES string of the molecule is CCC(CSC)N(C)CC1CSc2ccccc21. The zero-order valence-corrected chi connectivity index (χ0v) is 13.2. The molecule has 0 fully saturated rings. The summed E-state index contributed by atoms with van der Waals surface area (Å²) in [7, 11) is 2.29. The van der Waals surface area contributed by atoms with Crippen LogP contribution in [0.15, 0.2) is 29.2 Å². The standard InChI is InChI=1S/C15H23NS2/c1-4-13(11-17-3)16(2)9-12-10-18-15-8-6-5-7-14(12)15/h5-8,12-13H,4,9-11H2,1-3H3. The molecule has 1 aromatic carbocycles. The van der Waals surface area contributed by atoms with E-state index in [0.29, 0.717) is 5.92 Å². The maximum absolute atomic E-state index is 2.56. The summed E-state index contributed by atoms with van der Waals surface area (Å²) >= 11 is 3.98. The van der Waals surface area contributed by atoms with Crippen molar-refractivity contribution in [2.24, 2.45) is 0 Å². The number of benzene rings is 1. The van der Waals surface area contributed by atoms with Crippen LogP contribution in [-0.2, 0) is 0 Å². The summed E-state index contributed by atoms with van der Waals surface area (Å²) in [5, 5.41) is 0. The van der Waals surface area contributed by atoms with Crippen molar-refractivity contribution in [3.05, 3.63) is 29.8 Å². The molecule has 100 valence electrons. The van der Waals surface area contributed by atoms with Crippen LogP contribution in [0.2, 0.25) is 0 Å². The number of fused-ring (bicyclic) bond motifs is 1. The molecule has 2 rings (SSSR count). The van der Waals surface area contributed by atoms with Gasteiger partial charge >= 0.3 is 0 Å². The van der Waals surface area contributed by atoms with E-state index in [1.807, 2.05) is 23.5 Å². The lowest BCUT2D eigenvalue weighted by atomic mass is 10.0. The molecule has 0 saturated heterocycles. The first kappa shape index (κ1) is 14.3. The first-order chi connectivity index (χ1) is 8.76. The molecule has 2 unspecified atom stereocenters. The largest absolute Gasteiger partial charge is 0.302 e. The first-order valence-electron chi connectivity index (χ1n) is 6.67. The Morgan fingerprint density at radius 3 is 2.94 bits per heavy atom. The third kappa shape index (κ3) is 3.25. The van der Waals surface area contributed by atoms with Crippen LogP contribution in [0.1, 0.15) is 24.8 Å². The van der Waals surface area contributed by atoms with Crippen molar-refractivity contribution in [2.75, 3.05) is 31.4 Å². The summed E-state index contributed by atoms with van der Waals surface area (Å²) in [5.41, 5.74) is 1.56. The van der Waals surface area contributed by atoms with Gasteiger partial charge in [-0.25, -0.2) is 0 Å². The number of likely N-dealkylation sites (N-methyl/N-ethyl adjacent to an activating group) is 1.